The van der Waals surface area contributed by atoms with Gasteiger partial charge in [-0.05, 0) is 27.8 Å². The Morgan fingerprint density at radius 2 is 2.06 bits per heavy atom. The van der Waals surface area contributed by atoms with Gasteiger partial charge in [0.25, 0.3) is 5.91 Å². The topological polar surface area (TPSA) is 176 Å². The second-order valence-electron chi connectivity index (χ2n) is 7.09. The lowest BCUT2D eigenvalue weighted by Gasteiger charge is -2.49. The number of nitrogens with one attached hydrogen (secondary N) is 2. The molecule has 13 nitrogen and oxygen atoms in total. The van der Waals surface area contributed by atoms with Crippen molar-refractivity contribution >= 4 is 63.1 Å². The Morgan fingerprint density at radius 3 is 2.69 bits per heavy atom. The number of tetrazole rings is 1. The highest BCUT2D eigenvalue weighted by atomic mass is 32.2. The van der Waals surface area contributed by atoms with E-state index in [1.165, 1.54) is 16.4 Å². The maximum Gasteiger partial charge on any atom is 0.442 e. The van der Waals surface area contributed by atoms with Crippen LogP contribution in [-0.2, 0) is 31.0 Å². The van der Waals surface area contributed by atoms with Gasteiger partial charge in [0.15, 0.2) is 0 Å². The molecule has 1 saturated heterocycles. The van der Waals surface area contributed by atoms with Crippen molar-refractivity contribution in [2.45, 2.75) is 28.6 Å². The monoisotopic (exact) mass is 577 g/mol. The molecule has 194 valence electrons. The number of amides is 2. The first-order valence-electron chi connectivity index (χ1n) is 9.50. The van der Waals surface area contributed by atoms with E-state index in [4.69, 9.17) is 0 Å². The summed E-state index contributed by atoms with van der Waals surface area (Å²) in [5.74, 6) is -3.71. The van der Waals surface area contributed by atoms with Crippen molar-refractivity contribution in [1.29, 1.82) is 0 Å². The predicted octanol–water partition coefficient (Wildman–Crippen LogP) is -0.694. The second kappa shape index (κ2) is 10.9. The highest BCUT2D eigenvalue weighted by Crippen LogP contribution is 2.41. The van der Waals surface area contributed by atoms with Crippen LogP contribution in [0.1, 0.15) is 0 Å². The molecule has 3 N–H and O–H groups in total. The second-order valence-corrected chi connectivity index (χ2v) is 12.0. The number of thioether (sulfide) groups is 3. The van der Waals surface area contributed by atoms with Crippen LogP contribution in [0, 0.1) is 0 Å². The molecule has 3 rings (SSSR count). The Labute approximate surface area is 209 Å². The minimum absolute atomic E-state index is 0.0366. The van der Waals surface area contributed by atoms with Gasteiger partial charge in [-0.2, -0.15) is 13.2 Å². The molecule has 1 aromatic rings. The van der Waals surface area contributed by atoms with Gasteiger partial charge in [0.05, 0.1) is 18.6 Å². The Balaban J connectivity index is 1.63. The van der Waals surface area contributed by atoms with E-state index in [0.29, 0.717) is 10.7 Å². The van der Waals surface area contributed by atoms with Gasteiger partial charge in [-0.3, -0.25) is 14.5 Å². The number of nitrogens with zero attached hydrogens (tertiary/aromatic N) is 5. The van der Waals surface area contributed by atoms with Crippen LogP contribution >= 0.6 is 35.3 Å². The number of carbonyl (C=O) groups excluding carboxylic acids is 2. The number of β-lactam (4-membered cyclic amide) rings is 1. The molecular formula is C15H18F3N7O6S4. The number of fused-ring (bicyclic) bond motifs is 1. The molecule has 0 bridgehead atoms. The van der Waals surface area contributed by atoms with E-state index in [1.54, 1.807) is 0 Å². The molecular weight excluding hydrogens is 559 g/mol. The maximum absolute atomic E-state index is 12.6. The highest BCUT2D eigenvalue weighted by Gasteiger charge is 2.54. The Bertz CT molecular complexity index is 1140. The quantitative estimate of drug-likeness (QED) is 0.223. The number of aliphatic carboxylic acids is 1. The van der Waals surface area contributed by atoms with Crippen LogP contribution in [0.15, 0.2) is 16.4 Å². The van der Waals surface area contributed by atoms with E-state index < -0.39 is 62.2 Å². The number of alkyl halides is 3. The number of carbonyl (C=O) groups is 3. The minimum atomic E-state index is -4.59. The van der Waals surface area contributed by atoms with Crippen LogP contribution in [0.3, 0.4) is 0 Å². The van der Waals surface area contributed by atoms with Crippen LogP contribution in [0.4, 0.5) is 13.2 Å². The van der Waals surface area contributed by atoms with Crippen LogP contribution in [-0.4, -0.2) is 103 Å². The third-order valence-corrected chi connectivity index (χ3v) is 8.34. The molecule has 2 aliphatic heterocycles. The third kappa shape index (κ3) is 7.24. The van der Waals surface area contributed by atoms with E-state index in [-0.39, 0.29) is 30.3 Å². The predicted molar refractivity (Wildman–Crippen MR) is 120 cm³/mol. The summed E-state index contributed by atoms with van der Waals surface area (Å²) in [5.41, 5.74) is -4.47. The van der Waals surface area contributed by atoms with Gasteiger partial charge in [0.2, 0.25) is 21.1 Å². The number of sulfonamides is 1. The molecule has 0 aromatic carbocycles. The van der Waals surface area contributed by atoms with Crippen LogP contribution in [0.5, 0.6) is 0 Å². The van der Waals surface area contributed by atoms with Crippen molar-refractivity contribution in [2.24, 2.45) is 0 Å². The SMILES string of the molecule is CS(=O)(=O)NCCn1nnnc1SCC1=C(C(=O)O)N2C(=O)[C@@H](NC(=O)CSC(F)(F)F)[C@H]2SC1. The smallest absolute Gasteiger partial charge is 0.442 e. The van der Waals surface area contributed by atoms with Gasteiger partial charge in [-0.1, -0.05) is 11.8 Å². The molecule has 1 aromatic heterocycles. The average Bonchev–Trinajstić information content (AvgIpc) is 3.19. The summed E-state index contributed by atoms with van der Waals surface area (Å²) in [4.78, 5) is 37.3. The lowest BCUT2D eigenvalue weighted by molar-refractivity contribution is -0.150. The molecule has 3 heterocycles. The number of aromatic nitrogens is 4. The number of carboxylic acids is 1. The van der Waals surface area contributed by atoms with E-state index >= 15 is 0 Å². The molecule has 35 heavy (non-hydrogen) atoms. The molecule has 0 saturated carbocycles. The van der Waals surface area contributed by atoms with Crippen LogP contribution in [0.25, 0.3) is 0 Å². The van der Waals surface area contributed by atoms with Crippen molar-refractivity contribution in [3.05, 3.63) is 11.3 Å². The lowest BCUT2D eigenvalue weighted by atomic mass is 10.0. The highest BCUT2D eigenvalue weighted by molar-refractivity contribution is 8.01. The summed E-state index contributed by atoms with van der Waals surface area (Å²) in [6.07, 6.45) is 1.00. The zero-order valence-corrected chi connectivity index (χ0v) is 20.9. The maximum atomic E-state index is 12.6. The summed E-state index contributed by atoms with van der Waals surface area (Å²) in [5, 5.41) is 22.6. The number of carboxylic acid groups (broad SMARTS) is 1. The fraction of sp³-hybridized carbons (Fsp3) is 0.600. The third-order valence-electron chi connectivity index (χ3n) is 4.50. The first-order chi connectivity index (χ1) is 16.3. The van der Waals surface area contributed by atoms with E-state index in [0.717, 1.165) is 22.9 Å². The number of rotatable bonds is 11. The molecule has 2 amide bonds. The van der Waals surface area contributed by atoms with Crippen molar-refractivity contribution in [3.8, 4) is 0 Å². The van der Waals surface area contributed by atoms with E-state index in [1.807, 2.05) is 0 Å². The summed E-state index contributed by atoms with van der Waals surface area (Å²) in [6, 6.07) is -1.13. The molecule has 0 spiro atoms. The van der Waals surface area contributed by atoms with Gasteiger partial charge in [0, 0.05) is 18.1 Å². The summed E-state index contributed by atoms with van der Waals surface area (Å²) in [7, 11) is -3.40. The van der Waals surface area contributed by atoms with E-state index in [2.05, 4.69) is 25.6 Å². The largest absolute Gasteiger partial charge is 0.477 e. The minimum Gasteiger partial charge on any atom is -0.477 e. The van der Waals surface area contributed by atoms with Crippen molar-refractivity contribution in [1.82, 2.24) is 35.1 Å². The molecule has 1 fully saturated rings. The van der Waals surface area contributed by atoms with Gasteiger partial charge in [-0.15, -0.1) is 16.9 Å². The van der Waals surface area contributed by atoms with Gasteiger partial charge in [-0.25, -0.2) is 22.6 Å². The normalized spacial score (nSPS) is 20.5. The first-order valence-corrected chi connectivity index (χ1v) is 14.4. The fourth-order valence-electron chi connectivity index (χ4n) is 3.09. The molecule has 2 atom stereocenters. The number of hydrogen-bond donors (Lipinski definition) is 3. The van der Waals surface area contributed by atoms with Crippen LogP contribution in [0.2, 0.25) is 0 Å². The summed E-state index contributed by atoms with van der Waals surface area (Å²) < 4.78 is 62.8. The van der Waals surface area contributed by atoms with Crippen molar-refractivity contribution in [2.75, 3.05) is 30.1 Å². The van der Waals surface area contributed by atoms with Crippen LogP contribution < -0.4 is 10.0 Å². The van der Waals surface area contributed by atoms with Crippen molar-refractivity contribution < 1.29 is 41.1 Å². The van der Waals surface area contributed by atoms with Crippen molar-refractivity contribution in [3.63, 3.8) is 0 Å². The standard InChI is InChI=1S/C15H18F3N7O6S4/c1-35(30,31)19-2-3-24-14(21-22-23-24)33-5-7-4-32-12-9(11(27)25(12)10(7)13(28)29)20-8(26)6-34-15(16,17)18/h9,12,19H,2-6H2,1H3,(H,20,26)(H,28,29)/t9-,12-/m1/s1. The molecule has 0 unspecified atom stereocenters. The average molecular weight is 578 g/mol. The zero-order chi connectivity index (χ0) is 26.0. The number of hydrogen-bond acceptors (Lipinski definition) is 11. The summed E-state index contributed by atoms with van der Waals surface area (Å²) in [6.45, 7) is 0.164. The van der Waals surface area contributed by atoms with Gasteiger partial charge in [0.1, 0.15) is 17.1 Å². The Kier molecular flexibility index (Phi) is 8.60. The van der Waals surface area contributed by atoms with Gasteiger partial charge < -0.3 is 10.4 Å². The first kappa shape index (κ1) is 27.6. The van der Waals surface area contributed by atoms with E-state index in [9.17, 15) is 41.1 Å². The molecule has 20 heteroatoms. The molecule has 0 aliphatic carbocycles. The Hall–Kier alpha value is -2.03. The number of halogens is 3. The summed E-state index contributed by atoms with van der Waals surface area (Å²) >= 11 is 1.72. The fourth-order valence-corrected chi connectivity index (χ4v) is 6.31. The lowest BCUT2D eigenvalue weighted by Crippen LogP contribution is -2.70. The van der Waals surface area contributed by atoms with Gasteiger partial charge >= 0.3 is 11.5 Å². The Morgan fingerprint density at radius 1 is 1.34 bits per heavy atom. The molecule has 0 radical (unpaired) electrons. The zero-order valence-electron chi connectivity index (χ0n) is 17.7. The molecule has 2 aliphatic rings.